The number of esters is 1. The lowest BCUT2D eigenvalue weighted by molar-refractivity contribution is -0.146. The van der Waals surface area contributed by atoms with Gasteiger partial charge >= 0.3 is 5.97 Å². The van der Waals surface area contributed by atoms with Crippen LogP contribution in [0.5, 0.6) is 0 Å². The van der Waals surface area contributed by atoms with Gasteiger partial charge < -0.3 is 4.74 Å². The van der Waals surface area contributed by atoms with E-state index in [1.807, 2.05) is 67.6 Å². The molecule has 0 bridgehead atoms. The van der Waals surface area contributed by atoms with Gasteiger partial charge in [0.25, 0.3) is 0 Å². The summed E-state index contributed by atoms with van der Waals surface area (Å²) < 4.78 is 5.64. The van der Waals surface area contributed by atoms with Crippen molar-refractivity contribution in [3.05, 3.63) is 71.8 Å². The van der Waals surface area contributed by atoms with E-state index < -0.39 is 12.0 Å². The van der Waals surface area contributed by atoms with Crippen LogP contribution in [0.2, 0.25) is 0 Å². The predicted molar refractivity (Wildman–Crippen MR) is 113 cm³/mol. The van der Waals surface area contributed by atoms with Gasteiger partial charge in [-0.3, -0.25) is 9.69 Å². The number of rotatable bonds is 7. The minimum Gasteiger partial charge on any atom is -0.449 e. The molecule has 27 heavy (non-hydrogen) atoms. The maximum Gasteiger partial charge on any atom is 0.319 e. The fourth-order valence-electron chi connectivity index (χ4n) is 2.78. The molecule has 0 saturated heterocycles. The van der Waals surface area contributed by atoms with Crippen molar-refractivity contribution in [1.29, 1.82) is 0 Å². The highest BCUT2D eigenvalue weighted by Gasteiger charge is 2.25. The molecule has 0 aliphatic heterocycles. The molecule has 0 amide bonds. The Bertz CT molecular complexity index is 694. The van der Waals surface area contributed by atoms with Gasteiger partial charge in [-0.2, -0.15) is 0 Å². The monoisotopic (exact) mass is 385 g/mol. The Morgan fingerprint density at radius 1 is 0.963 bits per heavy atom. The average Bonchev–Trinajstić information content (AvgIpc) is 2.67. The van der Waals surface area contributed by atoms with Gasteiger partial charge in [0.05, 0.1) is 6.54 Å². The van der Waals surface area contributed by atoms with E-state index in [9.17, 15) is 4.79 Å². The van der Waals surface area contributed by atoms with Crippen molar-refractivity contribution in [1.82, 2.24) is 4.90 Å². The van der Waals surface area contributed by atoms with E-state index in [2.05, 4.69) is 30.6 Å². The van der Waals surface area contributed by atoms with Gasteiger partial charge in [0.15, 0.2) is 6.10 Å². The maximum atomic E-state index is 12.9. The summed E-state index contributed by atoms with van der Waals surface area (Å²) >= 11 is 0. The Hall–Kier alpha value is -2.28. The van der Waals surface area contributed by atoms with Gasteiger partial charge in [-0.25, -0.2) is 0 Å². The van der Waals surface area contributed by atoms with E-state index in [-0.39, 0.29) is 18.4 Å². The zero-order valence-electron chi connectivity index (χ0n) is 16.2. The molecular formula is C23H28ClNO2. The van der Waals surface area contributed by atoms with E-state index in [1.54, 1.807) is 0 Å². The van der Waals surface area contributed by atoms with E-state index in [0.717, 1.165) is 24.2 Å². The predicted octanol–water partition coefficient (Wildman–Crippen LogP) is 4.52. The highest BCUT2D eigenvalue weighted by molar-refractivity contribution is 5.85. The van der Waals surface area contributed by atoms with E-state index >= 15 is 0 Å². The van der Waals surface area contributed by atoms with Gasteiger partial charge in [-0.05, 0) is 31.1 Å². The largest absolute Gasteiger partial charge is 0.449 e. The lowest BCUT2D eigenvalue weighted by Gasteiger charge is -2.18. The number of nitrogens with zero attached hydrogens (tertiary/aromatic N) is 1. The Balaban J connectivity index is 0.00000364. The Morgan fingerprint density at radius 3 is 1.89 bits per heavy atom. The number of hydrogen-bond acceptors (Lipinski definition) is 3. The summed E-state index contributed by atoms with van der Waals surface area (Å²) in [5, 5.41) is 0. The number of benzene rings is 2. The van der Waals surface area contributed by atoms with Crippen LogP contribution in [-0.2, 0) is 9.53 Å². The van der Waals surface area contributed by atoms with Crippen molar-refractivity contribution >= 4 is 18.4 Å². The lowest BCUT2D eigenvalue weighted by Crippen LogP contribution is -2.24. The average molecular weight is 386 g/mol. The Labute approximate surface area is 169 Å². The molecule has 144 valence electrons. The molecule has 0 aliphatic carbocycles. The molecule has 0 N–H and O–H groups in total. The molecule has 0 fully saturated rings. The van der Waals surface area contributed by atoms with Crippen LogP contribution >= 0.6 is 12.4 Å². The van der Waals surface area contributed by atoms with Crippen molar-refractivity contribution in [2.75, 3.05) is 19.6 Å². The third-order valence-electron chi connectivity index (χ3n) is 4.30. The Morgan fingerprint density at radius 2 is 1.44 bits per heavy atom. The second-order valence-corrected chi connectivity index (χ2v) is 6.12. The number of carbonyl (C=O) groups is 1. The highest BCUT2D eigenvalue weighted by atomic mass is 35.5. The highest BCUT2D eigenvalue weighted by Crippen LogP contribution is 2.26. The van der Waals surface area contributed by atoms with Crippen LogP contribution in [0.25, 0.3) is 0 Å². The minimum absolute atomic E-state index is 0. The standard InChI is InChI=1S/C23H27NO2.ClH/c1-4-24(5-2)18-12-13-19(3)26-23(25)22(20-14-8-6-9-15-20)21-16-10-7-11-17-21;/h6-11,14-17,19,22H,4-5,18H2,1-3H3;1H. The third kappa shape index (κ3) is 7.09. The van der Waals surface area contributed by atoms with Gasteiger partial charge in [-0.1, -0.05) is 86.4 Å². The van der Waals surface area contributed by atoms with Crippen LogP contribution in [0.15, 0.2) is 60.7 Å². The quantitative estimate of drug-likeness (QED) is 0.518. The summed E-state index contributed by atoms with van der Waals surface area (Å²) in [5.41, 5.74) is 1.85. The first-order valence-corrected chi connectivity index (χ1v) is 9.16. The number of ether oxygens (including phenoxy) is 1. The molecule has 2 aromatic rings. The van der Waals surface area contributed by atoms with Crippen LogP contribution in [0.4, 0.5) is 0 Å². The number of carbonyl (C=O) groups excluding carboxylic acids is 1. The fraction of sp³-hybridized carbons (Fsp3) is 0.348. The topological polar surface area (TPSA) is 29.5 Å². The zero-order valence-corrected chi connectivity index (χ0v) is 17.0. The van der Waals surface area contributed by atoms with Crippen molar-refractivity contribution in [2.45, 2.75) is 32.8 Å². The van der Waals surface area contributed by atoms with Crippen LogP contribution < -0.4 is 0 Å². The zero-order chi connectivity index (χ0) is 18.8. The molecule has 0 radical (unpaired) electrons. The summed E-state index contributed by atoms with van der Waals surface area (Å²) in [6.07, 6.45) is -0.437. The second kappa shape index (κ2) is 12.2. The lowest BCUT2D eigenvalue weighted by atomic mass is 9.91. The molecule has 3 nitrogen and oxygen atoms in total. The second-order valence-electron chi connectivity index (χ2n) is 6.12. The first-order chi connectivity index (χ1) is 12.7. The van der Waals surface area contributed by atoms with E-state index in [0.29, 0.717) is 6.54 Å². The third-order valence-corrected chi connectivity index (χ3v) is 4.30. The molecule has 0 saturated carbocycles. The fourth-order valence-corrected chi connectivity index (χ4v) is 2.78. The summed E-state index contributed by atoms with van der Waals surface area (Å²) in [5.74, 6) is 5.43. The van der Waals surface area contributed by atoms with Crippen LogP contribution in [0.3, 0.4) is 0 Å². The smallest absolute Gasteiger partial charge is 0.319 e. The van der Waals surface area contributed by atoms with Gasteiger partial charge in [-0.15, -0.1) is 12.4 Å². The van der Waals surface area contributed by atoms with Crippen molar-refractivity contribution in [2.24, 2.45) is 0 Å². The van der Waals surface area contributed by atoms with E-state index in [4.69, 9.17) is 4.74 Å². The first kappa shape index (κ1) is 22.8. The molecular weight excluding hydrogens is 358 g/mol. The molecule has 0 spiro atoms. The van der Waals surface area contributed by atoms with Crippen LogP contribution in [0.1, 0.15) is 37.8 Å². The number of halogens is 1. The molecule has 1 unspecified atom stereocenters. The molecule has 1 atom stereocenters. The SMILES string of the molecule is CCN(CC)CC#CC(C)OC(=O)C(c1ccccc1)c1ccccc1.Cl. The van der Waals surface area contributed by atoms with Crippen molar-refractivity contribution in [3.8, 4) is 11.8 Å². The van der Waals surface area contributed by atoms with Gasteiger partial charge in [0.1, 0.15) is 5.92 Å². The van der Waals surface area contributed by atoms with Crippen LogP contribution in [-0.4, -0.2) is 36.6 Å². The molecule has 0 aromatic heterocycles. The van der Waals surface area contributed by atoms with Gasteiger partial charge in [0.2, 0.25) is 0 Å². The molecule has 2 aromatic carbocycles. The molecule has 4 heteroatoms. The molecule has 0 heterocycles. The summed E-state index contributed by atoms with van der Waals surface area (Å²) in [6.45, 7) is 8.65. The normalized spacial score (nSPS) is 11.3. The summed E-state index contributed by atoms with van der Waals surface area (Å²) in [4.78, 5) is 15.1. The van der Waals surface area contributed by atoms with Gasteiger partial charge in [0, 0.05) is 0 Å². The summed E-state index contributed by atoms with van der Waals surface area (Å²) in [7, 11) is 0. The van der Waals surface area contributed by atoms with E-state index in [1.165, 1.54) is 0 Å². The van der Waals surface area contributed by atoms with Crippen LogP contribution in [0, 0.1) is 11.8 Å². The Kier molecular flexibility index (Phi) is 10.3. The first-order valence-electron chi connectivity index (χ1n) is 9.16. The summed E-state index contributed by atoms with van der Waals surface area (Å²) in [6, 6.07) is 19.4. The molecule has 0 aliphatic rings. The molecule has 2 rings (SSSR count). The van der Waals surface area contributed by atoms with Crippen molar-refractivity contribution in [3.63, 3.8) is 0 Å². The van der Waals surface area contributed by atoms with Crippen molar-refractivity contribution < 1.29 is 9.53 Å². The maximum absolute atomic E-state index is 12.9. The number of hydrogen-bond donors (Lipinski definition) is 0. The minimum atomic E-state index is -0.440.